The van der Waals surface area contributed by atoms with E-state index in [4.69, 9.17) is 5.11 Å². The van der Waals surface area contributed by atoms with Crippen molar-refractivity contribution in [3.63, 3.8) is 0 Å². The molecule has 0 aliphatic rings. The zero-order valence-electron chi connectivity index (χ0n) is 8.42. The summed E-state index contributed by atoms with van der Waals surface area (Å²) in [5.41, 5.74) is 1.99. The molecule has 0 aromatic heterocycles. The fourth-order valence-electron chi connectivity index (χ4n) is 1.39. The highest BCUT2D eigenvalue weighted by Crippen LogP contribution is 2.29. The van der Waals surface area contributed by atoms with Crippen molar-refractivity contribution >= 4 is 15.9 Å². The molecule has 2 nitrogen and oxygen atoms in total. The number of halogens is 1. The van der Waals surface area contributed by atoms with Gasteiger partial charge in [-0.05, 0) is 52.4 Å². The van der Waals surface area contributed by atoms with Gasteiger partial charge in [0.1, 0.15) is 5.75 Å². The third-order valence-corrected chi connectivity index (χ3v) is 2.81. The fraction of sp³-hybridized carbons (Fsp3) is 0.455. The predicted molar refractivity (Wildman–Crippen MR) is 60.5 cm³/mol. The second-order valence-electron chi connectivity index (χ2n) is 3.74. The van der Waals surface area contributed by atoms with Crippen LogP contribution in [0.1, 0.15) is 18.1 Å². The summed E-state index contributed by atoms with van der Waals surface area (Å²) in [4.78, 5) is 0. The molecule has 0 fully saturated rings. The van der Waals surface area contributed by atoms with E-state index in [0.717, 1.165) is 22.0 Å². The molecule has 0 saturated carbocycles. The highest BCUT2D eigenvalue weighted by Gasteiger charge is 2.07. The largest absolute Gasteiger partial charge is 0.506 e. The van der Waals surface area contributed by atoms with E-state index in [9.17, 15) is 5.11 Å². The van der Waals surface area contributed by atoms with Crippen molar-refractivity contribution in [2.24, 2.45) is 5.92 Å². The molecule has 2 N–H and O–H groups in total. The lowest BCUT2D eigenvalue weighted by molar-refractivity contribution is 0.237. The van der Waals surface area contributed by atoms with Crippen molar-refractivity contribution in [2.45, 2.75) is 20.3 Å². The number of phenols is 1. The van der Waals surface area contributed by atoms with E-state index >= 15 is 0 Å². The molecule has 0 heterocycles. The number of hydrogen-bond donors (Lipinski definition) is 2. The van der Waals surface area contributed by atoms with E-state index in [1.807, 2.05) is 26.0 Å². The fourth-order valence-corrected chi connectivity index (χ4v) is 2.00. The van der Waals surface area contributed by atoms with Crippen molar-refractivity contribution < 1.29 is 10.2 Å². The number of aliphatic hydroxyl groups is 1. The van der Waals surface area contributed by atoms with Crippen LogP contribution in [-0.4, -0.2) is 16.8 Å². The second kappa shape index (κ2) is 4.80. The van der Waals surface area contributed by atoms with Gasteiger partial charge in [0.05, 0.1) is 4.47 Å². The molecule has 1 unspecified atom stereocenters. The first-order valence-corrected chi connectivity index (χ1v) is 5.42. The third-order valence-electron chi connectivity index (χ3n) is 2.21. The summed E-state index contributed by atoms with van der Waals surface area (Å²) in [6.45, 7) is 4.06. The molecule has 3 heteroatoms. The van der Waals surface area contributed by atoms with E-state index in [0.29, 0.717) is 5.75 Å². The van der Waals surface area contributed by atoms with Gasteiger partial charge < -0.3 is 10.2 Å². The number of aliphatic hydroxyl groups excluding tert-OH is 1. The molecule has 0 bridgehead atoms. The minimum atomic E-state index is 0.192. The Labute approximate surface area is 92.7 Å². The van der Waals surface area contributed by atoms with E-state index in [1.54, 1.807) is 0 Å². The van der Waals surface area contributed by atoms with Gasteiger partial charge >= 0.3 is 0 Å². The zero-order chi connectivity index (χ0) is 10.7. The van der Waals surface area contributed by atoms with E-state index in [2.05, 4.69) is 15.9 Å². The number of phenolic OH excluding ortho intramolecular Hbond substituents is 1. The summed E-state index contributed by atoms with van der Waals surface area (Å²) >= 11 is 3.30. The smallest absolute Gasteiger partial charge is 0.132 e. The highest BCUT2D eigenvalue weighted by atomic mass is 79.9. The monoisotopic (exact) mass is 258 g/mol. The molecule has 78 valence electrons. The van der Waals surface area contributed by atoms with Gasteiger partial charge in [-0.3, -0.25) is 0 Å². The molecule has 1 aromatic rings. The minimum absolute atomic E-state index is 0.192. The summed E-state index contributed by atoms with van der Waals surface area (Å²) in [6, 6.07) is 3.85. The Hall–Kier alpha value is -0.540. The average molecular weight is 259 g/mol. The van der Waals surface area contributed by atoms with Crippen LogP contribution >= 0.6 is 15.9 Å². The van der Waals surface area contributed by atoms with Crippen LogP contribution in [0.3, 0.4) is 0 Å². The van der Waals surface area contributed by atoms with Crippen LogP contribution in [0.4, 0.5) is 0 Å². The maximum Gasteiger partial charge on any atom is 0.132 e. The maximum absolute atomic E-state index is 9.53. The Bertz CT molecular complexity index is 300. The van der Waals surface area contributed by atoms with E-state index in [1.165, 1.54) is 0 Å². The second-order valence-corrected chi connectivity index (χ2v) is 4.59. The Morgan fingerprint density at radius 2 is 2.07 bits per heavy atom. The van der Waals surface area contributed by atoms with Crippen molar-refractivity contribution in [1.29, 1.82) is 0 Å². The Balaban J connectivity index is 2.89. The molecule has 0 amide bonds. The lowest BCUT2D eigenvalue weighted by atomic mass is 10.0. The zero-order valence-corrected chi connectivity index (χ0v) is 10.0. The molecule has 0 aliphatic carbocycles. The van der Waals surface area contributed by atoms with Crippen LogP contribution in [0.2, 0.25) is 0 Å². The van der Waals surface area contributed by atoms with Crippen LogP contribution in [0.5, 0.6) is 5.75 Å². The van der Waals surface area contributed by atoms with Crippen molar-refractivity contribution in [3.05, 3.63) is 27.7 Å². The first kappa shape index (κ1) is 11.5. The van der Waals surface area contributed by atoms with Crippen LogP contribution < -0.4 is 0 Å². The SMILES string of the molecule is Cc1cc(CC(C)CO)cc(Br)c1O. The summed E-state index contributed by atoms with van der Waals surface area (Å²) < 4.78 is 0.720. The number of benzene rings is 1. The lowest BCUT2D eigenvalue weighted by Crippen LogP contribution is -2.04. The number of hydrogen-bond acceptors (Lipinski definition) is 2. The van der Waals surface area contributed by atoms with Gasteiger partial charge in [0.15, 0.2) is 0 Å². The number of rotatable bonds is 3. The van der Waals surface area contributed by atoms with Gasteiger partial charge in [-0.1, -0.05) is 13.0 Å². The molecular weight excluding hydrogens is 244 g/mol. The summed E-state index contributed by atoms with van der Waals surface area (Å²) in [5, 5.41) is 18.5. The van der Waals surface area contributed by atoms with Crippen molar-refractivity contribution in [2.75, 3.05) is 6.61 Å². The summed E-state index contributed by atoms with van der Waals surface area (Å²) in [7, 11) is 0. The molecule has 0 radical (unpaired) electrons. The highest BCUT2D eigenvalue weighted by molar-refractivity contribution is 9.10. The van der Waals surface area contributed by atoms with E-state index in [-0.39, 0.29) is 12.5 Å². The van der Waals surface area contributed by atoms with Crippen LogP contribution in [0, 0.1) is 12.8 Å². The molecule has 0 spiro atoms. The topological polar surface area (TPSA) is 40.5 Å². The first-order valence-electron chi connectivity index (χ1n) is 4.63. The average Bonchev–Trinajstić information content (AvgIpc) is 2.14. The van der Waals surface area contributed by atoms with E-state index < -0.39 is 0 Å². The minimum Gasteiger partial charge on any atom is -0.506 e. The van der Waals surface area contributed by atoms with Crippen LogP contribution in [0.25, 0.3) is 0 Å². The molecular formula is C11H15BrO2. The third kappa shape index (κ3) is 2.72. The van der Waals surface area contributed by atoms with Crippen molar-refractivity contribution in [3.8, 4) is 5.75 Å². The lowest BCUT2D eigenvalue weighted by Gasteiger charge is -2.10. The van der Waals surface area contributed by atoms with Gasteiger partial charge in [-0.15, -0.1) is 0 Å². The standard InChI is InChI=1S/C11H15BrO2/c1-7(6-13)3-9-4-8(2)11(14)10(12)5-9/h4-5,7,13-14H,3,6H2,1-2H3. The van der Waals surface area contributed by atoms with Gasteiger partial charge in [0.2, 0.25) is 0 Å². The first-order chi connectivity index (χ1) is 6.54. The maximum atomic E-state index is 9.53. The van der Waals surface area contributed by atoms with Gasteiger partial charge in [-0.25, -0.2) is 0 Å². The van der Waals surface area contributed by atoms with Gasteiger partial charge in [-0.2, -0.15) is 0 Å². The Kier molecular flexibility index (Phi) is 3.96. The number of aryl methyl sites for hydroxylation is 1. The van der Waals surface area contributed by atoms with Crippen molar-refractivity contribution in [1.82, 2.24) is 0 Å². The Morgan fingerprint density at radius 1 is 1.43 bits per heavy atom. The van der Waals surface area contributed by atoms with Crippen LogP contribution in [-0.2, 0) is 6.42 Å². The molecule has 1 rings (SSSR count). The molecule has 14 heavy (non-hydrogen) atoms. The molecule has 0 saturated heterocycles. The van der Waals surface area contributed by atoms with Crippen LogP contribution in [0.15, 0.2) is 16.6 Å². The van der Waals surface area contributed by atoms with Gasteiger partial charge in [0.25, 0.3) is 0 Å². The molecule has 1 atom stereocenters. The summed E-state index contributed by atoms with van der Waals surface area (Å²) in [6.07, 6.45) is 0.830. The quantitative estimate of drug-likeness (QED) is 0.876. The number of aromatic hydroxyl groups is 1. The normalized spacial score (nSPS) is 12.9. The summed E-state index contributed by atoms with van der Waals surface area (Å²) in [5.74, 6) is 0.552. The predicted octanol–water partition coefficient (Wildman–Crippen LogP) is 2.63. The Morgan fingerprint density at radius 3 is 2.57 bits per heavy atom. The molecule has 1 aromatic carbocycles. The van der Waals surface area contributed by atoms with Gasteiger partial charge in [0, 0.05) is 6.61 Å². The molecule has 0 aliphatic heterocycles.